The fraction of sp³-hybridized carbons (Fsp3) is 0.111. The second-order valence-corrected chi connectivity index (χ2v) is 11.6. The molecular formula is C36H26ClN3O4S. The summed E-state index contributed by atoms with van der Waals surface area (Å²) in [7, 11) is 0. The number of nitriles is 1. The van der Waals surface area contributed by atoms with Crippen molar-refractivity contribution >= 4 is 40.7 Å². The molecule has 0 fully saturated rings. The molecule has 0 amide bonds. The van der Waals surface area contributed by atoms with Crippen molar-refractivity contribution in [1.29, 1.82) is 5.26 Å². The molecule has 1 aliphatic heterocycles. The molecule has 0 N–H and O–H groups in total. The van der Waals surface area contributed by atoms with Gasteiger partial charge in [-0.15, -0.1) is 0 Å². The summed E-state index contributed by atoms with van der Waals surface area (Å²) in [5.74, 6) is 0.0509. The first-order valence-corrected chi connectivity index (χ1v) is 15.4. The molecule has 222 valence electrons. The molecule has 1 aromatic heterocycles. The Hall–Kier alpha value is -5.23. The molecule has 0 saturated carbocycles. The number of esters is 1. The van der Waals surface area contributed by atoms with E-state index in [1.54, 1.807) is 41.8 Å². The number of ether oxygens (including phenoxy) is 2. The molecule has 2 heterocycles. The maximum absolute atomic E-state index is 14.2. The van der Waals surface area contributed by atoms with Crippen LogP contribution in [0.25, 0.3) is 11.8 Å². The highest BCUT2D eigenvalue weighted by atomic mass is 35.5. The fourth-order valence-electron chi connectivity index (χ4n) is 5.11. The highest BCUT2D eigenvalue weighted by Gasteiger charge is 2.35. The van der Waals surface area contributed by atoms with Crippen molar-refractivity contribution in [3.8, 4) is 11.8 Å². The van der Waals surface area contributed by atoms with Gasteiger partial charge in [0, 0.05) is 16.1 Å². The number of hydrogen-bond acceptors (Lipinski definition) is 7. The molecule has 1 atom stereocenters. The summed E-state index contributed by atoms with van der Waals surface area (Å²) in [5.41, 5.74) is 4.06. The number of aromatic nitrogens is 1. The second-order valence-electron chi connectivity index (χ2n) is 10.1. The zero-order valence-corrected chi connectivity index (χ0v) is 25.7. The SMILES string of the molecule is CCOC(=O)C1=C(c2ccccc2)N=c2s/c(=C\c3ccccc3OCc3ccc(C#N)cc3)c(=O)n2[C@H]1c1ccc(Cl)cc1. The monoisotopic (exact) mass is 631 g/mol. The first kappa shape index (κ1) is 29.8. The van der Waals surface area contributed by atoms with Crippen molar-refractivity contribution in [1.82, 2.24) is 4.57 Å². The molecular weight excluding hydrogens is 606 g/mol. The van der Waals surface area contributed by atoms with Gasteiger partial charge in [-0.25, -0.2) is 9.79 Å². The van der Waals surface area contributed by atoms with Crippen LogP contribution < -0.4 is 19.6 Å². The Morgan fingerprint density at radius 3 is 2.42 bits per heavy atom. The minimum absolute atomic E-state index is 0.168. The number of halogens is 1. The number of para-hydroxylation sites is 1. The molecule has 0 bridgehead atoms. The maximum atomic E-state index is 14.2. The van der Waals surface area contributed by atoms with Crippen LogP contribution in [0.2, 0.25) is 5.02 Å². The number of carbonyl (C=O) groups excluding carboxylic acids is 1. The predicted octanol–water partition coefficient (Wildman–Crippen LogP) is 6.04. The van der Waals surface area contributed by atoms with Gasteiger partial charge in [0.05, 0.1) is 40.1 Å². The van der Waals surface area contributed by atoms with Crippen LogP contribution in [0.3, 0.4) is 0 Å². The van der Waals surface area contributed by atoms with Gasteiger partial charge in [0.15, 0.2) is 4.80 Å². The summed E-state index contributed by atoms with van der Waals surface area (Å²) in [6, 6.07) is 32.5. The van der Waals surface area contributed by atoms with E-state index in [9.17, 15) is 9.59 Å². The van der Waals surface area contributed by atoms with E-state index >= 15 is 0 Å². The summed E-state index contributed by atoms with van der Waals surface area (Å²) in [6.07, 6.45) is 1.78. The van der Waals surface area contributed by atoms with Gasteiger partial charge in [-0.1, -0.05) is 95.7 Å². The van der Waals surface area contributed by atoms with Crippen molar-refractivity contribution in [2.75, 3.05) is 6.61 Å². The zero-order chi connectivity index (χ0) is 31.3. The highest BCUT2D eigenvalue weighted by molar-refractivity contribution is 7.07. The molecule has 5 aromatic rings. The molecule has 1 aliphatic rings. The lowest BCUT2D eigenvalue weighted by Gasteiger charge is -2.25. The summed E-state index contributed by atoms with van der Waals surface area (Å²) in [4.78, 5) is 33.1. The van der Waals surface area contributed by atoms with E-state index < -0.39 is 12.0 Å². The predicted molar refractivity (Wildman–Crippen MR) is 174 cm³/mol. The van der Waals surface area contributed by atoms with Gasteiger partial charge < -0.3 is 9.47 Å². The Bertz CT molecular complexity index is 2130. The lowest BCUT2D eigenvalue weighted by Crippen LogP contribution is -2.40. The number of rotatable bonds is 8. The number of nitrogens with zero attached hydrogens (tertiary/aromatic N) is 3. The van der Waals surface area contributed by atoms with Crippen molar-refractivity contribution < 1.29 is 14.3 Å². The largest absolute Gasteiger partial charge is 0.488 e. The highest BCUT2D eigenvalue weighted by Crippen LogP contribution is 2.35. The molecule has 9 heteroatoms. The molecule has 0 radical (unpaired) electrons. The van der Waals surface area contributed by atoms with Gasteiger partial charge in [-0.3, -0.25) is 9.36 Å². The average Bonchev–Trinajstić information content (AvgIpc) is 3.38. The van der Waals surface area contributed by atoms with Crippen LogP contribution in [0.1, 0.15) is 40.8 Å². The third-order valence-electron chi connectivity index (χ3n) is 7.24. The van der Waals surface area contributed by atoms with Crippen LogP contribution in [0, 0.1) is 11.3 Å². The topological polar surface area (TPSA) is 93.7 Å². The lowest BCUT2D eigenvalue weighted by molar-refractivity contribution is -0.138. The van der Waals surface area contributed by atoms with E-state index in [4.69, 9.17) is 31.3 Å². The van der Waals surface area contributed by atoms with Crippen LogP contribution >= 0.6 is 22.9 Å². The minimum Gasteiger partial charge on any atom is -0.488 e. The smallest absolute Gasteiger partial charge is 0.338 e. The Morgan fingerprint density at radius 1 is 1.00 bits per heavy atom. The first-order valence-electron chi connectivity index (χ1n) is 14.2. The summed E-state index contributed by atoms with van der Waals surface area (Å²) in [5, 5.41) is 9.61. The van der Waals surface area contributed by atoms with Gasteiger partial charge in [0.1, 0.15) is 12.4 Å². The van der Waals surface area contributed by atoms with E-state index in [-0.39, 0.29) is 24.3 Å². The number of hydrogen-bond donors (Lipinski definition) is 0. The van der Waals surface area contributed by atoms with Crippen molar-refractivity contribution in [3.63, 3.8) is 0 Å². The number of carbonyl (C=O) groups is 1. The van der Waals surface area contributed by atoms with Crippen LogP contribution in [-0.2, 0) is 16.1 Å². The van der Waals surface area contributed by atoms with Gasteiger partial charge in [-0.2, -0.15) is 5.26 Å². The van der Waals surface area contributed by atoms with Crippen LogP contribution in [0.5, 0.6) is 5.75 Å². The molecule has 7 nitrogen and oxygen atoms in total. The lowest BCUT2D eigenvalue weighted by atomic mass is 9.93. The molecule has 0 unspecified atom stereocenters. The summed E-state index contributed by atoms with van der Waals surface area (Å²) < 4.78 is 13.6. The molecule has 4 aromatic carbocycles. The van der Waals surface area contributed by atoms with Crippen molar-refractivity contribution in [2.45, 2.75) is 19.6 Å². The molecule has 6 rings (SSSR count). The fourth-order valence-corrected chi connectivity index (χ4v) is 6.23. The van der Waals surface area contributed by atoms with E-state index in [1.807, 2.05) is 78.9 Å². The van der Waals surface area contributed by atoms with Crippen molar-refractivity contribution in [3.05, 3.63) is 161 Å². The molecule has 45 heavy (non-hydrogen) atoms. The molecule has 0 saturated heterocycles. The zero-order valence-electron chi connectivity index (χ0n) is 24.1. The van der Waals surface area contributed by atoms with E-state index in [0.717, 1.165) is 11.1 Å². The van der Waals surface area contributed by atoms with Gasteiger partial charge >= 0.3 is 5.97 Å². The Kier molecular flexibility index (Phi) is 8.74. The number of fused-ring (bicyclic) bond motifs is 1. The third-order valence-corrected chi connectivity index (χ3v) is 8.48. The van der Waals surface area contributed by atoms with E-state index in [2.05, 4.69) is 6.07 Å². The second kappa shape index (κ2) is 13.2. The van der Waals surface area contributed by atoms with E-state index in [1.165, 1.54) is 11.3 Å². The maximum Gasteiger partial charge on any atom is 0.338 e. The molecule has 0 spiro atoms. The average molecular weight is 632 g/mol. The summed E-state index contributed by atoms with van der Waals surface area (Å²) >= 11 is 7.47. The first-order chi connectivity index (χ1) is 22.0. The van der Waals surface area contributed by atoms with Gasteiger partial charge in [-0.05, 0) is 54.5 Å². The van der Waals surface area contributed by atoms with Crippen LogP contribution in [0.4, 0.5) is 0 Å². The van der Waals surface area contributed by atoms with E-state index in [0.29, 0.717) is 42.5 Å². The van der Waals surface area contributed by atoms with Crippen LogP contribution in [-0.4, -0.2) is 17.1 Å². The number of thiazole rings is 1. The Morgan fingerprint density at radius 2 is 1.71 bits per heavy atom. The Balaban J connectivity index is 1.50. The normalized spacial score (nSPS) is 14.3. The summed E-state index contributed by atoms with van der Waals surface area (Å²) in [6.45, 7) is 2.20. The van der Waals surface area contributed by atoms with Gasteiger partial charge in [0.2, 0.25) is 0 Å². The quantitative estimate of drug-likeness (QED) is 0.195. The standard InChI is InChI=1S/C36H26ClN3O4S/c1-2-43-35(42)31-32(25-8-4-3-5-9-25)39-36-40(33(31)26-16-18-28(37)19-17-26)34(41)30(45-36)20-27-10-6-7-11-29(27)44-22-24-14-12-23(21-38)13-15-24/h3-20,33H,2,22H2,1H3/b30-20-/t33-/m0/s1. The third kappa shape index (κ3) is 6.22. The Labute approximate surface area is 268 Å². The minimum atomic E-state index is -0.794. The van der Waals surface area contributed by atoms with Crippen LogP contribution in [0.15, 0.2) is 118 Å². The van der Waals surface area contributed by atoms with Gasteiger partial charge in [0.25, 0.3) is 5.56 Å². The number of benzene rings is 4. The van der Waals surface area contributed by atoms with Crippen molar-refractivity contribution in [2.24, 2.45) is 4.99 Å². The molecule has 0 aliphatic carbocycles.